The van der Waals surface area contributed by atoms with Crippen LogP contribution < -0.4 is 14.8 Å². The van der Waals surface area contributed by atoms with Crippen molar-refractivity contribution in [2.45, 2.75) is 45.1 Å². The van der Waals surface area contributed by atoms with Gasteiger partial charge in [0.15, 0.2) is 6.10 Å². The van der Waals surface area contributed by atoms with Crippen LogP contribution in [0, 0.1) is 20.8 Å². The number of para-hydroxylation sites is 1. The van der Waals surface area contributed by atoms with E-state index in [0.29, 0.717) is 23.5 Å². The lowest BCUT2D eigenvalue weighted by Gasteiger charge is -2.18. The minimum atomic E-state index is -3.74. The summed E-state index contributed by atoms with van der Waals surface area (Å²) in [5, 5.41) is 2.80. The average molecular weight is 453 g/mol. The Kier molecular flexibility index (Phi) is 7.20. The third-order valence-electron chi connectivity index (χ3n) is 5.22. The zero-order valence-electron chi connectivity index (χ0n) is 18.7. The van der Waals surface area contributed by atoms with Gasteiger partial charge in [-0.25, -0.2) is 8.42 Å². The highest BCUT2D eigenvalue weighted by Crippen LogP contribution is 2.22. The van der Waals surface area contributed by atoms with Crippen molar-refractivity contribution in [1.82, 2.24) is 0 Å². The van der Waals surface area contributed by atoms with Crippen LogP contribution >= 0.6 is 0 Å². The molecule has 0 aliphatic rings. The number of rotatable bonds is 8. The molecule has 0 radical (unpaired) electrons. The molecule has 0 aromatic heterocycles. The lowest BCUT2D eigenvalue weighted by Crippen LogP contribution is -2.32. The molecule has 1 amide bonds. The normalized spacial score (nSPS) is 12.1. The lowest BCUT2D eigenvalue weighted by molar-refractivity contribution is -0.122. The van der Waals surface area contributed by atoms with Gasteiger partial charge in [-0.05, 0) is 86.3 Å². The van der Waals surface area contributed by atoms with E-state index in [-0.39, 0.29) is 10.8 Å². The quantitative estimate of drug-likeness (QED) is 0.491. The van der Waals surface area contributed by atoms with Crippen LogP contribution in [-0.4, -0.2) is 20.4 Å². The molecule has 6 nitrogen and oxygen atoms in total. The molecule has 3 aromatic rings. The van der Waals surface area contributed by atoms with E-state index in [1.807, 2.05) is 58.0 Å². The first-order chi connectivity index (χ1) is 15.2. The summed E-state index contributed by atoms with van der Waals surface area (Å²) in [4.78, 5) is 12.8. The van der Waals surface area contributed by atoms with Gasteiger partial charge < -0.3 is 10.1 Å². The van der Waals surface area contributed by atoms with Crippen LogP contribution in [0.2, 0.25) is 0 Å². The van der Waals surface area contributed by atoms with E-state index in [1.165, 1.54) is 12.1 Å². The van der Waals surface area contributed by atoms with Gasteiger partial charge in [-0.2, -0.15) is 0 Å². The molecule has 0 saturated heterocycles. The second-order valence-electron chi connectivity index (χ2n) is 7.70. The van der Waals surface area contributed by atoms with Crippen molar-refractivity contribution in [1.29, 1.82) is 0 Å². The molecule has 3 rings (SSSR count). The van der Waals surface area contributed by atoms with Crippen LogP contribution in [-0.2, 0) is 14.8 Å². The molecule has 1 atom stereocenters. The number of sulfonamides is 1. The summed E-state index contributed by atoms with van der Waals surface area (Å²) >= 11 is 0. The molecular weight excluding hydrogens is 424 g/mol. The van der Waals surface area contributed by atoms with E-state index >= 15 is 0 Å². The van der Waals surface area contributed by atoms with Crippen LogP contribution in [0.4, 0.5) is 11.4 Å². The summed E-state index contributed by atoms with van der Waals surface area (Å²) in [6.45, 7) is 7.69. The predicted molar refractivity (Wildman–Crippen MR) is 128 cm³/mol. The highest BCUT2D eigenvalue weighted by Gasteiger charge is 2.20. The fraction of sp³-hybridized carbons (Fsp3) is 0.240. The van der Waals surface area contributed by atoms with Gasteiger partial charge in [0.05, 0.1) is 4.90 Å². The van der Waals surface area contributed by atoms with E-state index in [4.69, 9.17) is 4.74 Å². The van der Waals surface area contributed by atoms with Gasteiger partial charge in [0.2, 0.25) is 0 Å². The second kappa shape index (κ2) is 9.87. The third-order valence-corrected chi connectivity index (χ3v) is 6.61. The molecule has 32 heavy (non-hydrogen) atoms. The topological polar surface area (TPSA) is 84.5 Å². The molecule has 0 fully saturated rings. The van der Waals surface area contributed by atoms with Crippen molar-refractivity contribution in [3.05, 3.63) is 83.4 Å². The van der Waals surface area contributed by atoms with Crippen molar-refractivity contribution in [2.75, 3.05) is 10.0 Å². The van der Waals surface area contributed by atoms with Gasteiger partial charge in [0.25, 0.3) is 15.9 Å². The van der Waals surface area contributed by atoms with E-state index < -0.39 is 16.1 Å². The first-order valence-electron chi connectivity index (χ1n) is 10.4. The largest absolute Gasteiger partial charge is 0.480 e. The maximum Gasteiger partial charge on any atom is 0.265 e. The Morgan fingerprint density at radius 1 is 0.875 bits per heavy atom. The molecule has 168 valence electrons. The molecule has 0 saturated carbocycles. The molecule has 0 bridgehead atoms. The summed E-state index contributed by atoms with van der Waals surface area (Å²) in [5.41, 5.74) is 4.03. The van der Waals surface area contributed by atoms with Crippen LogP contribution in [0.25, 0.3) is 0 Å². The zero-order valence-corrected chi connectivity index (χ0v) is 19.5. The summed E-state index contributed by atoms with van der Waals surface area (Å²) < 4.78 is 33.9. The number of hydrogen-bond acceptors (Lipinski definition) is 4. The van der Waals surface area contributed by atoms with E-state index in [1.54, 1.807) is 24.3 Å². The minimum absolute atomic E-state index is 0.108. The summed E-state index contributed by atoms with van der Waals surface area (Å²) in [7, 11) is -3.74. The third kappa shape index (κ3) is 5.68. The monoisotopic (exact) mass is 452 g/mol. The van der Waals surface area contributed by atoms with E-state index in [0.717, 1.165) is 16.7 Å². The molecule has 0 spiro atoms. The van der Waals surface area contributed by atoms with Crippen molar-refractivity contribution < 1.29 is 17.9 Å². The Balaban J connectivity index is 1.68. The van der Waals surface area contributed by atoms with Gasteiger partial charge in [0.1, 0.15) is 5.75 Å². The number of anilines is 2. The summed E-state index contributed by atoms with van der Waals surface area (Å²) in [5.74, 6) is 0.368. The average Bonchev–Trinajstić information content (AvgIpc) is 2.76. The number of hydrogen-bond donors (Lipinski definition) is 2. The van der Waals surface area contributed by atoms with Crippen LogP contribution in [0.5, 0.6) is 5.75 Å². The first kappa shape index (κ1) is 23.3. The number of carbonyl (C=O) groups is 1. The lowest BCUT2D eigenvalue weighted by atomic mass is 10.1. The van der Waals surface area contributed by atoms with Crippen LogP contribution in [0.15, 0.2) is 71.6 Å². The standard InChI is InChI=1S/C25H28N2O4S/c1-5-23(31-24-9-7-6-8-18(24)3)25(28)26-20-12-14-22(15-13-20)32(29,30)27-21-11-10-17(2)19(4)16-21/h6-16,23,27H,5H2,1-4H3,(H,26,28)/t23-/m0/s1. The zero-order chi connectivity index (χ0) is 23.3. The Hall–Kier alpha value is -3.32. The number of carbonyl (C=O) groups excluding carboxylic acids is 1. The van der Waals surface area contributed by atoms with Crippen molar-refractivity contribution in [3.8, 4) is 5.75 Å². The molecule has 0 heterocycles. The molecule has 0 aliphatic heterocycles. The van der Waals surface area contributed by atoms with Crippen LogP contribution in [0.3, 0.4) is 0 Å². The van der Waals surface area contributed by atoms with Gasteiger partial charge >= 0.3 is 0 Å². The van der Waals surface area contributed by atoms with E-state index in [9.17, 15) is 13.2 Å². The van der Waals surface area contributed by atoms with Crippen molar-refractivity contribution >= 4 is 27.3 Å². The molecule has 0 aliphatic carbocycles. The Morgan fingerprint density at radius 3 is 2.16 bits per heavy atom. The van der Waals surface area contributed by atoms with Gasteiger partial charge in [-0.1, -0.05) is 31.2 Å². The SMILES string of the molecule is CC[C@H](Oc1ccccc1C)C(=O)Nc1ccc(S(=O)(=O)Nc2ccc(C)c(C)c2)cc1. The second-order valence-corrected chi connectivity index (χ2v) is 9.38. The number of aryl methyl sites for hydroxylation is 3. The Labute approximate surface area is 189 Å². The highest BCUT2D eigenvalue weighted by atomic mass is 32.2. The molecule has 3 aromatic carbocycles. The van der Waals surface area contributed by atoms with Gasteiger partial charge in [-0.15, -0.1) is 0 Å². The smallest absolute Gasteiger partial charge is 0.265 e. The minimum Gasteiger partial charge on any atom is -0.480 e. The molecule has 2 N–H and O–H groups in total. The fourth-order valence-electron chi connectivity index (χ4n) is 3.12. The maximum atomic E-state index is 12.7. The van der Waals surface area contributed by atoms with E-state index in [2.05, 4.69) is 10.0 Å². The van der Waals surface area contributed by atoms with Crippen LogP contribution in [0.1, 0.15) is 30.0 Å². The summed E-state index contributed by atoms with van der Waals surface area (Å²) in [6.07, 6.45) is -0.169. The van der Waals surface area contributed by atoms with Gasteiger partial charge in [-0.3, -0.25) is 9.52 Å². The maximum absolute atomic E-state index is 12.7. The summed E-state index contributed by atoms with van der Waals surface area (Å²) in [6, 6.07) is 19.0. The predicted octanol–water partition coefficient (Wildman–Crippen LogP) is 5.21. The van der Waals surface area contributed by atoms with Gasteiger partial charge in [0, 0.05) is 11.4 Å². The first-order valence-corrected chi connectivity index (χ1v) is 11.9. The molecular formula is C25H28N2O4S. The number of nitrogens with one attached hydrogen (secondary N) is 2. The number of ether oxygens (including phenoxy) is 1. The molecule has 0 unspecified atom stereocenters. The number of amides is 1. The van der Waals surface area contributed by atoms with Crippen molar-refractivity contribution in [3.63, 3.8) is 0 Å². The number of benzene rings is 3. The highest BCUT2D eigenvalue weighted by molar-refractivity contribution is 7.92. The Morgan fingerprint density at radius 2 is 1.53 bits per heavy atom. The Bertz CT molecular complexity index is 1200. The van der Waals surface area contributed by atoms with Crippen molar-refractivity contribution in [2.24, 2.45) is 0 Å². The fourth-order valence-corrected chi connectivity index (χ4v) is 4.17. The molecule has 7 heteroatoms.